The van der Waals surface area contributed by atoms with Gasteiger partial charge in [0, 0.05) is 19.1 Å². The molecule has 1 heterocycles. The zero-order valence-corrected chi connectivity index (χ0v) is 8.63. The Hall–Kier alpha value is -0.130. The average molecular weight is 204 g/mol. The molecule has 13 heavy (non-hydrogen) atoms. The van der Waals surface area contributed by atoms with Gasteiger partial charge in [0.05, 0.1) is 0 Å². The van der Waals surface area contributed by atoms with Crippen LogP contribution in [0.4, 0.5) is 0 Å². The summed E-state index contributed by atoms with van der Waals surface area (Å²) in [5.41, 5.74) is 0. The first-order valence-corrected chi connectivity index (χ1v) is 6.33. The Bertz CT molecular complexity index is 289. The molecule has 1 aliphatic carbocycles. The zero-order chi connectivity index (χ0) is 9.64. The number of hydrogen-bond donors (Lipinski definition) is 1. The maximum absolute atomic E-state index is 10.9. The summed E-state index contributed by atoms with van der Waals surface area (Å²) in [6.45, 7) is 3.53. The van der Waals surface area contributed by atoms with Gasteiger partial charge >= 0.3 is 0 Å². The van der Waals surface area contributed by atoms with Crippen LogP contribution < -0.4 is 5.14 Å². The third-order valence-electron chi connectivity index (χ3n) is 3.21. The van der Waals surface area contributed by atoms with E-state index >= 15 is 0 Å². The van der Waals surface area contributed by atoms with Crippen molar-refractivity contribution < 1.29 is 8.42 Å². The van der Waals surface area contributed by atoms with Gasteiger partial charge < -0.3 is 0 Å². The van der Waals surface area contributed by atoms with Crippen LogP contribution in [-0.4, -0.2) is 37.7 Å². The van der Waals surface area contributed by atoms with E-state index in [0.29, 0.717) is 19.1 Å². The van der Waals surface area contributed by atoms with E-state index in [4.69, 9.17) is 5.14 Å². The standard InChI is InChI=1S/C8H16N2O2S/c1-6-2-7(3-6)10-4-8(5-10)13(9,11)12/h6-8H,2-5H2,1H3,(H2,9,11,12). The Morgan fingerprint density at radius 1 is 1.31 bits per heavy atom. The predicted octanol–water partition coefficient (Wildman–Crippen LogP) is -0.242. The number of likely N-dealkylation sites (tertiary alicyclic amines) is 1. The molecule has 0 amide bonds. The van der Waals surface area contributed by atoms with Crippen molar-refractivity contribution in [3.05, 3.63) is 0 Å². The largest absolute Gasteiger partial charge is 0.298 e. The fourth-order valence-corrected chi connectivity index (χ4v) is 2.93. The molecule has 0 unspecified atom stereocenters. The topological polar surface area (TPSA) is 63.4 Å². The van der Waals surface area contributed by atoms with Crippen LogP contribution in [0.3, 0.4) is 0 Å². The van der Waals surface area contributed by atoms with Crippen molar-refractivity contribution in [2.24, 2.45) is 11.1 Å². The molecule has 2 N–H and O–H groups in total. The molecule has 0 aromatic heterocycles. The summed E-state index contributed by atoms with van der Waals surface area (Å²) in [6.07, 6.45) is 2.44. The third-order valence-corrected chi connectivity index (χ3v) is 4.43. The number of nitrogens with zero attached hydrogens (tertiary/aromatic N) is 1. The lowest BCUT2D eigenvalue weighted by Gasteiger charge is -2.49. The Balaban J connectivity index is 1.79. The second-order valence-electron chi connectivity index (χ2n) is 4.40. The van der Waals surface area contributed by atoms with Crippen LogP contribution in [0, 0.1) is 5.92 Å². The molecule has 2 aliphatic rings. The molecular weight excluding hydrogens is 188 g/mol. The van der Waals surface area contributed by atoms with Crippen molar-refractivity contribution in [2.75, 3.05) is 13.1 Å². The zero-order valence-electron chi connectivity index (χ0n) is 7.81. The van der Waals surface area contributed by atoms with Gasteiger partial charge in [0.15, 0.2) is 0 Å². The van der Waals surface area contributed by atoms with E-state index in [1.807, 2.05) is 0 Å². The Kier molecular flexibility index (Phi) is 2.13. The predicted molar refractivity (Wildman–Crippen MR) is 50.7 cm³/mol. The van der Waals surface area contributed by atoms with Gasteiger partial charge in [-0.2, -0.15) is 0 Å². The van der Waals surface area contributed by atoms with Crippen LogP contribution in [0.2, 0.25) is 0 Å². The lowest BCUT2D eigenvalue weighted by Crippen LogP contribution is -2.62. The summed E-state index contributed by atoms with van der Waals surface area (Å²) in [4.78, 5) is 2.23. The minimum atomic E-state index is -3.27. The molecule has 0 atom stereocenters. The van der Waals surface area contributed by atoms with Crippen LogP contribution >= 0.6 is 0 Å². The quantitative estimate of drug-likeness (QED) is 0.675. The van der Waals surface area contributed by atoms with Gasteiger partial charge in [-0.3, -0.25) is 4.90 Å². The number of nitrogens with two attached hydrogens (primary N) is 1. The highest BCUT2D eigenvalue weighted by Crippen LogP contribution is 2.34. The average Bonchev–Trinajstić information content (AvgIpc) is 1.76. The summed E-state index contributed by atoms with van der Waals surface area (Å²) < 4.78 is 21.8. The summed E-state index contributed by atoms with van der Waals surface area (Å²) >= 11 is 0. The smallest absolute Gasteiger partial charge is 0.214 e. The lowest BCUT2D eigenvalue weighted by atomic mass is 9.79. The summed E-state index contributed by atoms with van der Waals surface area (Å²) in [5, 5.41) is 4.73. The monoisotopic (exact) mass is 204 g/mol. The molecule has 0 bridgehead atoms. The maximum atomic E-state index is 10.9. The van der Waals surface area contributed by atoms with Gasteiger partial charge in [0.1, 0.15) is 5.25 Å². The highest BCUT2D eigenvalue weighted by molar-refractivity contribution is 7.89. The third kappa shape index (κ3) is 1.73. The van der Waals surface area contributed by atoms with E-state index < -0.39 is 10.0 Å². The number of rotatable bonds is 2. The van der Waals surface area contributed by atoms with E-state index in [1.165, 1.54) is 12.8 Å². The second kappa shape index (κ2) is 2.93. The van der Waals surface area contributed by atoms with E-state index in [2.05, 4.69) is 11.8 Å². The van der Waals surface area contributed by atoms with Crippen molar-refractivity contribution in [2.45, 2.75) is 31.1 Å². The van der Waals surface area contributed by atoms with Gasteiger partial charge in [-0.05, 0) is 18.8 Å². The fraction of sp³-hybridized carbons (Fsp3) is 1.00. The number of hydrogen-bond acceptors (Lipinski definition) is 3. The van der Waals surface area contributed by atoms with E-state index in [0.717, 1.165) is 5.92 Å². The minimum absolute atomic E-state index is 0.302. The molecule has 2 rings (SSSR count). The van der Waals surface area contributed by atoms with E-state index in [-0.39, 0.29) is 5.25 Å². The number of sulfonamides is 1. The van der Waals surface area contributed by atoms with Gasteiger partial charge in [-0.1, -0.05) is 6.92 Å². The van der Waals surface area contributed by atoms with Crippen LogP contribution in [0.5, 0.6) is 0 Å². The van der Waals surface area contributed by atoms with Crippen molar-refractivity contribution in [3.63, 3.8) is 0 Å². The molecule has 0 aromatic rings. The molecule has 4 nitrogen and oxygen atoms in total. The van der Waals surface area contributed by atoms with E-state index in [9.17, 15) is 8.42 Å². The van der Waals surface area contributed by atoms with Crippen molar-refractivity contribution in [1.82, 2.24) is 4.90 Å². The summed E-state index contributed by atoms with van der Waals surface area (Å²) in [6, 6.07) is 0.632. The molecule has 5 heteroatoms. The van der Waals surface area contributed by atoms with E-state index in [1.54, 1.807) is 0 Å². The molecule has 2 fully saturated rings. The SMILES string of the molecule is CC1CC(N2CC(S(N)(=O)=O)C2)C1. The Labute approximate surface area is 79.1 Å². The van der Waals surface area contributed by atoms with Gasteiger partial charge in [-0.15, -0.1) is 0 Å². The first-order chi connectivity index (χ1) is 5.97. The highest BCUT2D eigenvalue weighted by Gasteiger charge is 2.42. The Morgan fingerprint density at radius 3 is 2.23 bits per heavy atom. The first kappa shape index (κ1) is 9.43. The maximum Gasteiger partial charge on any atom is 0.214 e. The van der Waals surface area contributed by atoms with Crippen LogP contribution in [0.1, 0.15) is 19.8 Å². The van der Waals surface area contributed by atoms with Crippen LogP contribution in [-0.2, 0) is 10.0 Å². The molecule has 0 aromatic carbocycles. The fourth-order valence-electron chi connectivity index (χ4n) is 2.13. The molecule has 1 saturated carbocycles. The van der Waals surface area contributed by atoms with Crippen molar-refractivity contribution in [3.8, 4) is 0 Å². The highest BCUT2D eigenvalue weighted by atomic mass is 32.2. The van der Waals surface area contributed by atoms with Crippen molar-refractivity contribution in [1.29, 1.82) is 0 Å². The lowest BCUT2D eigenvalue weighted by molar-refractivity contribution is 0.0403. The summed E-state index contributed by atoms with van der Waals surface area (Å²) in [5.74, 6) is 0.818. The second-order valence-corrected chi connectivity index (χ2v) is 6.24. The minimum Gasteiger partial charge on any atom is -0.298 e. The molecule has 1 aliphatic heterocycles. The number of primary sulfonamides is 1. The van der Waals surface area contributed by atoms with Gasteiger partial charge in [0.2, 0.25) is 10.0 Å². The van der Waals surface area contributed by atoms with Crippen LogP contribution in [0.15, 0.2) is 0 Å². The summed E-state index contributed by atoms with van der Waals surface area (Å²) in [7, 11) is -3.27. The van der Waals surface area contributed by atoms with Gasteiger partial charge in [0.25, 0.3) is 0 Å². The molecule has 1 saturated heterocycles. The van der Waals surface area contributed by atoms with Crippen molar-refractivity contribution >= 4 is 10.0 Å². The molecule has 0 spiro atoms. The first-order valence-electron chi connectivity index (χ1n) is 4.72. The molecular formula is C8H16N2O2S. The Morgan fingerprint density at radius 2 is 1.85 bits per heavy atom. The normalized spacial score (nSPS) is 36.8. The van der Waals surface area contributed by atoms with Gasteiger partial charge in [-0.25, -0.2) is 13.6 Å². The molecule has 76 valence electrons. The van der Waals surface area contributed by atoms with Crippen LogP contribution in [0.25, 0.3) is 0 Å². The molecule has 0 radical (unpaired) electrons.